The maximum atomic E-state index is 12.8. The maximum absolute atomic E-state index is 12.8. The lowest BCUT2D eigenvalue weighted by Crippen LogP contribution is -2.44. The average Bonchev–Trinajstić information content (AvgIpc) is 3.29. The Hall–Kier alpha value is -2.29. The lowest BCUT2D eigenvalue weighted by Gasteiger charge is -2.25. The third kappa shape index (κ3) is 5.60. The van der Waals surface area contributed by atoms with Crippen molar-refractivity contribution in [2.24, 2.45) is 0 Å². The smallest absolute Gasteiger partial charge is 0.322 e. The van der Waals surface area contributed by atoms with Gasteiger partial charge in [-0.3, -0.25) is 4.79 Å². The van der Waals surface area contributed by atoms with Crippen LogP contribution in [0.1, 0.15) is 18.6 Å². The molecule has 0 bridgehead atoms. The molecule has 1 atom stereocenters. The molecule has 0 aliphatic carbocycles. The van der Waals surface area contributed by atoms with Gasteiger partial charge in [0.25, 0.3) is 0 Å². The molecule has 8 nitrogen and oxygen atoms in total. The Labute approximate surface area is 172 Å². The van der Waals surface area contributed by atoms with Crippen LogP contribution in [0.3, 0.4) is 0 Å². The Morgan fingerprint density at radius 3 is 2.71 bits per heavy atom. The average molecular weight is 427 g/mol. The number of benzene rings is 1. The number of anilines is 2. The number of ether oxygens (including phenoxy) is 1. The number of hydrogen-bond acceptors (Lipinski definition) is 5. The summed E-state index contributed by atoms with van der Waals surface area (Å²) in [7, 11) is 0. The van der Waals surface area contributed by atoms with E-state index in [-0.39, 0.29) is 12.6 Å². The molecule has 1 aliphatic heterocycles. The van der Waals surface area contributed by atoms with Gasteiger partial charge in [-0.15, -0.1) is 0 Å². The number of hydrogen-bond donors (Lipinski definition) is 2. The van der Waals surface area contributed by atoms with Gasteiger partial charge in [0.2, 0.25) is 5.91 Å². The monoisotopic (exact) mass is 426 g/mol. The van der Waals surface area contributed by atoms with Crippen LogP contribution in [0.5, 0.6) is 0 Å². The van der Waals surface area contributed by atoms with Crippen molar-refractivity contribution in [1.82, 2.24) is 10.1 Å². The highest BCUT2D eigenvalue weighted by atomic mass is 35.5. The van der Waals surface area contributed by atoms with Gasteiger partial charge in [0.15, 0.2) is 5.82 Å². The minimum Gasteiger partial charge on any atom is -0.376 e. The quantitative estimate of drug-likeness (QED) is 0.728. The zero-order valence-corrected chi connectivity index (χ0v) is 16.7. The number of aryl methyl sites for hydroxylation is 1. The first-order valence-corrected chi connectivity index (χ1v) is 9.52. The molecular weight excluding hydrogens is 407 g/mol. The fraction of sp³-hybridized carbons (Fsp3) is 0.389. The number of urea groups is 1. The van der Waals surface area contributed by atoms with Gasteiger partial charge in [0, 0.05) is 24.9 Å². The van der Waals surface area contributed by atoms with Crippen LogP contribution >= 0.6 is 23.2 Å². The second kappa shape index (κ2) is 9.27. The molecule has 0 radical (unpaired) electrons. The Morgan fingerprint density at radius 2 is 2.07 bits per heavy atom. The number of carbonyl (C=O) groups is 2. The van der Waals surface area contributed by atoms with Crippen molar-refractivity contribution in [3.8, 4) is 0 Å². The normalized spacial score (nSPS) is 16.0. The Kier molecular flexibility index (Phi) is 6.77. The fourth-order valence-electron chi connectivity index (χ4n) is 2.81. The number of rotatable bonds is 6. The van der Waals surface area contributed by atoms with Gasteiger partial charge in [-0.25, -0.2) is 4.79 Å². The van der Waals surface area contributed by atoms with E-state index in [0.717, 1.165) is 12.8 Å². The summed E-state index contributed by atoms with van der Waals surface area (Å²) in [6, 6.07) is 5.92. The lowest BCUT2D eigenvalue weighted by molar-refractivity contribution is -0.117. The Bertz CT molecular complexity index is 852. The molecule has 3 amide bonds. The third-order valence-corrected chi connectivity index (χ3v) is 4.88. The largest absolute Gasteiger partial charge is 0.376 e. The number of aromatic nitrogens is 1. The van der Waals surface area contributed by atoms with Crippen LogP contribution in [0.15, 0.2) is 28.8 Å². The van der Waals surface area contributed by atoms with Crippen molar-refractivity contribution in [2.45, 2.75) is 25.9 Å². The molecule has 1 saturated heterocycles. The van der Waals surface area contributed by atoms with Gasteiger partial charge in [0.05, 0.1) is 16.1 Å². The molecule has 1 fully saturated rings. The van der Waals surface area contributed by atoms with Crippen molar-refractivity contribution >= 4 is 46.6 Å². The molecule has 2 N–H and O–H groups in total. The number of amides is 3. The van der Waals surface area contributed by atoms with E-state index in [1.807, 2.05) is 0 Å². The highest BCUT2D eigenvalue weighted by Crippen LogP contribution is 2.25. The van der Waals surface area contributed by atoms with Gasteiger partial charge in [0.1, 0.15) is 12.3 Å². The lowest BCUT2D eigenvalue weighted by atomic mass is 10.2. The van der Waals surface area contributed by atoms with Crippen LogP contribution in [0.25, 0.3) is 0 Å². The third-order valence-electron chi connectivity index (χ3n) is 4.14. The number of nitrogens with zero attached hydrogens (tertiary/aromatic N) is 2. The van der Waals surface area contributed by atoms with Gasteiger partial charge in [-0.2, -0.15) is 0 Å². The fourth-order valence-corrected chi connectivity index (χ4v) is 3.11. The van der Waals surface area contributed by atoms with E-state index >= 15 is 0 Å². The first-order chi connectivity index (χ1) is 13.4. The highest BCUT2D eigenvalue weighted by Gasteiger charge is 2.25. The summed E-state index contributed by atoms with van der Waals surface area (Å²) < 4.78 is 10.5. The van der Waals surface area contributed by atoms with Gasteiger partial charge in [-0.05, 0) is 38.0 Å². The summed E-state index contributed by atoms with van der Waals surface area (Å²) in [5.74, 6) is 0.476. The van der Waals surface area contributed by atoms with Crippen molar-refractivity contribution in [3.05, 3.63) is 40.1 Å². The minimum absolute atomic E-state index is 0.110. The van der Waals surface area contributed by atoms with E-state index in [1.54, 1.807) is 31.2 Å². The first kappa shape index (κ1) is 20.4. The Morgan fingerprint density at radius 1 is 1.25 bits per heavy atom. The molecule has 1 unspecified atom stereocenters. The molecule has 1 aromatic heterocycles. The van der Waals surface area contributed by atoms with E-state index in [0.29, 0.717) is 40.5 Å². The van der Waals surface area contributed by atoms with Crippen LogP contribution in [-0.4, -0.2) is 47.8 Å². The summed E-state index contributed by atoms with van der Waals surface area (Å²) in [5, 5.41) is 9.77. The molecule has 150 valence electrons. The molecule has 28 heavy (non-hydrogen) atoms. The molecule has 1 aromatic carbocycles. The van der Waals surface area contributed by atoms with E-state index in [2.05, 4.69) is 15.8 Å². The number of nitrogens with one attached hydrogen (secondary N) is 2. The van der Waals surface area contributed by atoms with E-state index in [1.165, 1.54) is 4.90 Å². The molecule has 2 aromatic rings. The second-order valence-electron chi connectivity index (χ2n) is 6.45. The summed E-state index contributed by atoms with van der Waals surface area (Å²) >= 11 is 11.9. The van der Waals surface area contributed by atoms with Crippen molar-refractivity contribution in [1.29, 1.82) is 0 Å². The second-order valence-corrected chi connectivity index (χ2v) is 7.26. The van der Waals surface area contributed by atoms with Gasteiger partial charge < -0.3 is 24.8 Å². The molecule has 1 aliphatic rings. The van der Waals surface area contributed by atoms with E-state index in [9.17, 15) is 9.59 Å². The molecule has 10 heteroatoms. The van der Waals surface area contributed by atoms with Crippen LogP contribution < -0.4 is 10.6 Å². The molecule has 2 heterocycles. The molecular formula is C18H20Cl2N4O4. The van der Waals surface area contributed by atoms with Gasteiger partial charge >= 0.3 is 6.03 Å². The van der Waals surface area contributed by atoms with E-state index in [4.69, 9.17) is 32.5 Å². The first-order valence-electron chi connectivity index (χ1n) is 8.76. The number of halogens is 2. The minimum atomic E-state index is -0.444. The maximum Gasteiger partial charge on any atom is 0.322 e. The van der Waals surface area contributed by atoms with Crippen molar-refractivity contribution < 1.29 is 18.8 Å². The number of carbonyl (C=O) groups excluding carboxylic acids is 2. The standard InChI is InChI=1S/C18H20Cl2N4O4/c1-11-7-16(23-28-11)22-17(25)10-24(9-13-3-2-6-27-13)18(26)21-12-4-5-14(19)15(20)8-12/h4-5,7-8,13H,2-3,6,9-10H2,1H3,(H,21,26)(H,22,23,25). The summed E-state index contributed by atoms with van der Waals surface area (Å²) in [6.07, 6.45) is 1.65. The zero-order valence-electron chi connectivity index (χ0n) is 15.2. The summed E-state index contributed by atoms with van der Waals surface area (Å²) in [5.41, 5.74) is 0.476. The van der Waals surface area contributed by atoms with Gasteiger partial charge in [-0.1, -0.05) is 28.4 Å². The molecule has 0 spiro atoms. The van der Waals surface area contributed by atoms with Crippen LogP contribution in [-0.2, 0) is 9.53 Å². The predicted molar refractivity (Wildman–Crippen MR) is 106 cm³/mol. The highest BCUT2D eigenvalue weighted by molar-refractivity contribution is 6.42. The van der Waals surface area contributed by atoms with Crippen molar-refractivity contribution in [3.63, 3.8) is 0 Å². The molecule has 0 saturated carbocycles. The Balaban J connectivity index is 1.66. The predicted octanol–water partition coefficient (Wildman–Crippen LogP) is 3.94. The summed E-state index contributed by atoms with van der Waals surface area (Å²) in [6.45, 7) is 2.49. The van der Waals surface area contributed by atoms with Crippen LogP contribution in [0.2, 0.25) is 10.0 Å². The van der Waals surface area contributed by atoms with Crippen LogP contribution in [0, 0.1) is 6.92 Å². The zero-order chi connectivity index (χ0) is 20.1. The van der Waals surface area contributed by atoms with Crippen LogP contribution in [0.4, 0.5) is 16.3 Å². The topological polar surface area (TPSA) is 96.7 Å². The molecule has 3 rings (SSSR count). The SMILES string of the molecule is Cc1cc(NC(=O)CN(CC2CCCO2)C(=O)Nc2ccc(Cl)c(Cl)c2)no1. The van der Waals surface area contributed by atoms with E-state index < -0.39 is 11.9 Å². The van der Waals surface area contributed by atoms with Crippen molar-refractivity contribution in [2.75, 3.05) is 30.3 Å². The summed E-state index contributed by atoms with van der Waals surface area (Å²) in [4.78, 5) is 26.5.